The third kappa shape index (κ3) is 2.37. The van der Waals surface area contributed by atoms with E-state index in [4.69, 9.17) is 0 Å². The number of halogens is 3. The van der Waals surface area contributed by atoms with Crippen molar-refractivity contribution in [1.82, 2.24) is 10.3 Å². The third-order valence-electron chi connectivity index (χ3n) is 4.96. The highest BCUT2D eigenvalue weighted by Crippen LogP contribution is 2.72. The smallest absolute Gasteiger partial charge is 0.309 e. The minimum Gasteiger partial charge on any atom is -0.309 e. The number of hydrogen-bond donors (Lipinski definition) is 1. The van der Waals surface area contributed by atoms with Crippen molar-refractivity contribution in [2.45, 2.75) is 46.8 Å². The third-order valence-corrected chi connectivity index (χ3v) is 6.09. The summed E-state index contributed by atoms with van der Waals surface area (Å²) < 4.78 is 38.1. The van der Waals surface area contributed by atoms with Gasteiger partial charge in [0, 0.05) is 17.1 Å². The van der Waals surface area contributed by atoms with Crippen LogP contribution in [-0.4, -0.2) is 11.5 Å². The molecule has 1 aliphatic carbocycles. The molecule has 1 aromatic heterocycles. The van der Waals surface area contributed by atoms with Crippen molar-refractivity contribution < 1.29 is 13.2 Å². The molecule has 1 N–H and O–H groups in total. The highest BCUT2D eigenvalue weighted by atomic mass is 32.1. The molecule has 0 aliphatic heterocycles. The summed E-state index contributed by atoms with van der Waals surface area (Å²) in [6, 6.07) is -0.0569. The lowest BCUT2D eigenvalue weighted by Gasteiger charge is -2.18. The fourth-order valence-electron chi connectivity index (χ4n) is 3.24. The largest absolute Gasteiger partial charge is 0.443 e. The van der Waals surface area contributed by atoms with E-state index in [9.17, 15) is 13.2 Å². The maximum Gasteiger partial charge on any atom is 0.443 e. The van der Waals surface area contributed by atoms with Crippen molar-refractivity contribution in [2.75, 3.05) is 6.54 Å². The Morgan fingerprint density at radius 2 is 1.85 bits per heavy atom. The van der Waals surface area contributed by atoms with Gasteiger partial charge < -0.3 is 5.32 Å². The summed E-state index contributed by atoms with van der Waals surface area (Å²) in [5.41, 5.74) is 0.227. The van der Waals surface area contributed by atoms with Crippen LogP contribution in [0.3, 0.4) is 0 Å². The molecule has 20 heavy (non-hydrogen) atoms. The van der Waals surface area contributed by atoms with Crippen molar-refractivity contribution in [1.29, 1.82) is 0 Å². The zero-order chi connectivity index (χ0) is 15.3. The van der Waals surface area contributed by atoms with E-state index in [1.54, 1.807) is 0 Å². The summed E-state index contributed by atoms with van der Waals surface area (Å²) >= 11 is 0.759. The Kier molecular flexibility index (Phi) is 3.70. The number of nitrogens with one attached hydrogen (secondary N) is 1. The van der Waals surface area contributed by atoms with Crippen LogP contribution >= 0.6 is 11.3 Å². The lowest BCUT2D eigenvalue weighted by molar-refractivity contribution is -0.137. The van der Waals surface area contributed by atoms with Crippen molar-refractivity contribution in [3.8, 4) is 0 Å². The first-order chi connectivity index (χ1) is 9.03. The zero-order valence-electron chi connectivity index (χ0n) is 12.4. The van der Waals surface area contributed by atoms with Crippen LogP contribution in [0.1, 0.15) is 50.5 Å². The highest BCUT2D eigenvalue weighted by molar-refractivity contribution is 7.11. The molecular weight excluding hydrogens is 285 g/mol. The Hall–Kier alpha value is -0.620. The topological polar surface area (TPSA) is 24.9 Å². The molecule has 1 unspecified atom stereocenters. The molecule has 0 spiro atoms. The number of aromatic nitrogens is 1. The average Bonchev–Trinajstić information content (AvgIpc) is 2.71. The van der Waals surface area contributed by atoms with Gasteiger partial charge in [-0.3, -0.25) is 0 Å². The SMILES string of the molecule is CCNC(c1cnc(C(F)(F)F)s1)C1C(C)(C)C1(C)C. The van der Waals surface area contributed by atoms with Gasteiger partial charge in [-0.2, -0.15) is 13.2 Å². The van der Waals surface area contributed by atoms with Crippen molar-refractivity contribution in [3.05, 3.63) is 16.1 Å². The quantitative estimate of drug-likeness (QED) is 0.886. The van der Waals surface area contributed by atoms with Crippen LogP contribution < -0.4 is 5.32 Å². The fourth-order valence-corrected chi connectivity index (χ4v) is 4.14. The lowest BCUT2D eigenvalue weighted by Crippen LogP contribution is -2.24. The van der Waals surface area contributed by atoms with Gasteiger partial charge in [0.2, 0.25) is 0 Å². The molecule has 1 aromatic rings. The van der Waals surface area contributed by atoms with E-state index in [1.807, 2.05) is 6.92 Å². The summed E-state index contributed by atoms with van der Waals surface area (Å²) in [5, 5.41) is 2.58. The molecular formula is C14H21F3N2S. The van der Waals surface area contributed by atoms with Crippen LogP contribution in [0.4, 0.5) is 13.2 Å². The Labute approximate surface area is 121 Å². The predicted molar refractivity (Wildman–Crippen MR) is 74.6 cm³/mol. The van der Waals surface area contributed by atoms with Gasteiger partial charge in [-0.05, 0) is 23.3 Å². The summed E-state index contributed by atoms with van der Waals surface area (Å²) in [7, 11) is 0. The van der Waals surface area contributed by atoms with Gasteiger partial charge in [0.05, 0.1) is 0 Å². The van der Waals surface area contributed by atoms with E-state index in [0.717, 1.165) is 17.9 Å². The molecule has 1 aliphatic rings. The van der Waals surface area contributed by atoms with Crippen molar-refractivity contribution >= 4 is 11.3 Å². The van der Waals surface area contributed by atoms with E-state index in [-0.39, 0.29) is 16.9 Å². The Balaban J connectivity index is 2.29. The van der Waals surface area contributed by atoms with Gasteiger partial charge in [0.25, 0.3) is 0 Å². The van der Waals surface area contributed by atoms with Gasteiger partial charge >= 0.3 is 6.18 Å². The lowest BCUT2D eigenvalue weighted by atomic mass is 10.0. The first-order valence-electron chi connectivity index (χ1n) is 6.79. The van der Waals surface area contributed by atoms with E-state index >= 15 is 0 Å². The second-order valence-electron chi connectivity index (χ2n) is 6.52. The normalized spacial score (nSPS) is 22.8. The van der Waals surface area contributed by atoms with Gasteiger partial charge in [-0.15, -0.1) is 11.3 Å². The number of alkyl halides is 3. The van der Waals surface area contributed by atoms with E-state index in [2.05, 4.69) is 38.0 Å². The molecule has 6 heteroatoms. The summed E-state index contributed by atoms with van der Waals surface area (Å²) in [6.45, 7) is 11.4. The second kappa shape index (κ2) is 4.70. The molecule has 0 bridgehead atoms. The molecule has 0 amide bonds. The molecule has 1 saturated carbocycles. The molecule has 0 aromatic carbocycles. The summed E-state index contributed by atoms with van der Waals surface area (Å²) in [4.78, 5) is 4.23. The van der Waals surface area contributed by atoms with Crippen LogP contribution in [0, 0.1) is 16.7 Å². The van der Waals surface area contributed by atoms with E-state index < -0.39 is 11.2 Å². The van der Waals surface area contributed by atoms with Crippen LogP contribution in [-0.2, 0) is 6.18 Å². The van der Waals surface area contributed by atoms with Crippen molar-refractivity contribution in [3.63, 3.8) is 0 Å². The fraction of sp³-hybridized carbons (Fsp3) is 0.786. The van der Waals surface area contributed by atoms with Gasteiger partial charge in [0.15, 0.2) is 5.01 Å². The molecule has 1 heterocycles. The molecule has 0 radical (unpaired) electrons. The number of rotatable bonds is 4. The van der Waals surface area contributed by atoms with E-state index in [1.165, 1.54) is 6.20 Å². The average molecular weight is 306 g/mol. The standard InChI is InChI=1S/C14H21F3N2S/c1-6-18-9(10-12(2,3)13(10,4)5)8-7-19-11(20-8)14(15,16)17/h7,9-10,18H,6H2,1-5H3. The molecule has 1 fully saturated rings. The minimum atomic E-state index is -4.35. The van der Waals surface area contributed by atoms with E-state index in [0.29, 0.717) is 10.8 Å². The molecule has 1 atom stereocenters. The maximum absolute atomic E-state index is 12.7. The monoisotopic (exact) mass is 306 g/mol. The van der Waals surface area contributed by atoms with Crippen LogP contribution in [0.25, 0.3) is 0 Å². The first kappa shape index (κ1) is 15.8. The minimum absolute atomic E-state index is 0.0569. The van der Waals surface area contributed by atoms with Crippen LogP contribution in [0.2, 0.25) is 0 Å². The maximum atomic E-state index is 12.7. The van der Waals surface area contributed by atoms with Gasteiger partial charge in [-0.25, -0.2) is 4.98 Å². The Morgan fingerprint density at radius 1 is 1.30 bits per heavy atom. The van der Waals surface area contributed by atoms with Gasteiger partial charge in [0.1, 0.15) is 0 Å². The first-order valence-corrected chi connectivity index (χ1v) is 7.61. The highest BCUT2D eigenvalue weighted by Gasteiger charge is 2.67. The Morgan fingerprint density at radius 3 is 2.20 bits per heavy atom. The van der Waals surface area contributed by atoms with Crippen LogP contribution in [0.5, 0.6) is 0 Å². The number of hydrogen-bond acceptors (Lipinski definition) is 3. The Bertz CT molecular complexity index is 477. The van der Waals surface area contributed by atoms with Crippen LogP contribution in [0.15, 0.2) is 6.20 Å². The van der Waals surface area contributed by atoms with Crippen molar-refractivity contribution in [2.24, 2.45) is 16.7 Å². The second-order valence-corrected chi connectivity index (χ2v) is 7.58. The zero-order valence-corrected chi connectivity index (χ0v) is 13.2. The summed E-state index contributed by atoms with van der Waals surface area (Å²) in [5.74, 6) is 0.316. The predicted octanol–water partition coefficient (Wildman–Crippen LogP) is 4.49. The van der Waals surface area contributed by atoms with Gasteiger partial charge in [-0.1, -0.05) is 34.6 Å². The number of thiazole rings is 1. The summed E-state index contributed by atoms with van der Waals surface area (Å²) in [6.07, 6.45) is -2.97. The molecule has 0 saturated heterocycles. The number of nitrogens with zero attached hydrogens (tertiary/aromatic N) is 1. The molecule has 2 rings (SSSR count). The molecule has 2 nitrogen and oxygen atoms in total. The molecule has 114 valence electrons.